The van der Waals surface area contributed by atoms with Gasteiger partial charge in [-0.05, 0) is 25.8 Å². The molecule has 0 heterocycles. The van der Waals surface area contributed by atoms with E-state index < -0.39 is 0 Å². The Balaban J connectivity index is 2.66. The van der Waals surface area contributed by atoms with Crippen LogP contribution in [0.25, 0.3) is 0 Å². The minimum Gasteiger partial charge on any atom is -0.334 e. The van der Waals surface area contributed by atoms with Gasteiger partial charge >= 0.3 is 0 Å². The summed E-state index contributed by atoms with van der Waals surface area (Å²) in [7, 11) is 1.91. The number of hydrogen-bond donors (Lipinski definition) is 0. The van der Waals surface area contributed by atoms with Crippen molar-refractivity contribution in [1.82, 2.24) is 4.90 Å². The maximum absolute atomic E-state index is 4.47. The van der Waals surface area contributed by atoms with E-state index in [9.17, 15) is 0 Å². The fraction of sp³-hybridized carbons (Fsp3) is 0.667. The number of rotatable bonds is 6. The molecule has 0 aromatic heterocycles. The van der Waals surface area contributed by atoms with Gasteiger partial charge in [0.1, 0.15) is 5.84 Å². The molecule has 0 aromatic rings. The van der Waals surface area contributed by atoms with Crippen molar-refractivity contribution in [3.05, 3.63) is 23.4 Å². The Labute approximate surface area is 106 Å². The predicted octanol–water partition coefficient (Wildman–Crippen LogP) is 4.15. The first-order chi connectivity index (χ1) is 8.26. The van der Waals surface area contributed by atoms with Crippen molar-refractivity contribution in [2.45, 2.75) is 52.9 Å². The van der Waals surface area contributed by atoms with Crippen LogP contribution < -0.4 is 0 Å². The van der Waals surface area contributed by atoms with Gasteiger partial charge in [0.2, 0.25) is 0 Å². The average molecular weight is 234 g/mol. The van der Waals surface area contributed by atoms with E-state index in [1.54, 1.807) is 0 Å². The third-order valence-corrected chi connectivity index (χ3v) is 3.36. The maximum atomic E-state index is 4.47. The lowest BCUT2D eigenvalue weighted by Crippen LogP contribution is -2.29. The van der Waals surface area contributed by atoms with Gasteiger partial charge in [-0.3, -0.25) is 4.99 Å². The Bertz CT molecular complexity index is 322. The maximum Gasteiger partial charge on any atom is 0.103 e. The quantitative estimate of drug-likeness (QED) is 0.498. The smallest absolute Gasteiger partial charge is 0.103 e. The first-order valence-corrected chi connectivity index (χ1v) is 6.88. The van der Waals surface area contributed by atoms with E-state index in [-0.39, 0.29) is 0 Å². The number of hydrogen-bond acceptors (Lipinski definition) is 1. The van der Waals surface area contributed by atoms with Crippen molar-refractivity contribution in [3.8, 4) is 0 Å². The molecule has 1 aliphatic carbocycles. The van der Waals surface area contributed by atoms with Gasteiger partial charge in [-0.25, -0.2) is 0 Å². The van der Waals surface area contributed by atoms with Crippen molar-refractivity contribution in [3.63, 3.8) is 0 Å². The molecule has 96 valence electrons. The SMILES string of the molecule is CCCCC(=NC)N(CC)C1=CC=C(CC)C1. The fourth-order valence-corrected chi connectivity index (χ4v) is 2.25. The molecule has 0 fully saturated rings. The third-order valence-electron chi connectivity index (χ3n) is 3.36. The Kier molecular flexibility index (Phi) is 6.03. The average Bonchev–Trinajstić information content (AvgIpc) is 2.82. The second-order valence-corrected chi connectivity index (χ2v) is 4.50. The van der Waals surface area contributed by atoms with Crippen LogP contribution in [0.1, 0.15) is 52.9 Å². The number of allylic oxidation sites excluding steroid dienone is 3. The van der Waals surface area contributed by atoms with Crippen LogP contribution in [0.3, 0.4) is 0 Å². The van der Waals surface area contributed by atoms with Crippen molar-refractivity contribution < 1.29 is 0 Å². The molecule has 2 nitrogen and oxygen atoms in total. The van der Waals surface area contributed by atoms with Gasteiger partial charge in [0, 0.05) is 32.1 Å². The van der Waals surface area contributed by atoms with Crippen LogP contribution in [0.15, 0.2) is 28.4 Å². The summed E-state index contributed by atoms with van der Waals surface area (Å²) in [5, 5.41) is 0. The van der Waals surface area contributed by atoms with E-state index in [1.807, 2.05) is 7.05 Å². The van der Waals surface area contributed by atoms with Gasteiger partial charge in [0.15, 0.2) is 0 Å². The highest BCUT2D eigenvalue weighted by molar-refractivity contribution is 5.84. The Morgan fingerprint density at radius 3 is 2.53 bits per heavy atom. The highest BCUT2D eigenvalue weighted by Gasteiger charge is 2.16. The summed E-state index contributed by atoms with van der Waals surface area (Å²) in [4.78, 5) is 6.85. The van der Waals surface area contributed by atoms with Crippen LogP contribution in [0.5, 0.6) is 0 Å². The first-order valence-electron chi connectivity index (χ1n) is 6.88. The van der Waals surface area contributed by atoms with E-state index >= 15 is 0 Å². The van der Waals surface area contributed by atoms with Gasteiger partial charge in [-0.2, -0.15) is 0 Å². The van der Waals surface area contributed by atoms with E-state index in [0.717, 1.165) is 25.8 Å². The molecule has 0 saturated carbocycles. The molecule has 0 unspecified atom stereocenters. The fourth-order valence-electron chi connectivity index (χ4n) is 2.25. The summed E-state index contributed by atoms with van der Waals surface area (Å²) in [5.74, 6) is 1.24. The molecule has 0 bridgehead atoms. The number of amidine groups is 1. The monoisotopic (exact) mass is 234 g/mol. The van der Waals surface area contributed by atoms with E-state index in [1.165, 1.54) is 29.9 Å². The molecule has 0 atom stereocenters. The predicted molar refractivity (Wildman–Crippen MR) is 76.3 cm³/mol. The van der Waals surface area contributed by atoms with Gasteiger partial charge in [0.25, 0.3) is 0 Å². The van der Waals surface area contributed by atoms with Crippen LogP contribution in [-0.4, -0.2) is 24.3 Å². The largest absolute Gasteiger partial charge is 0.334 e. The summed E-state index contributed by atoms with van der Waals surface area (Å²) in [6, 6.07) is 0. The molecule has 0 amide bonds. The van der Waals surface area contributed by atoms with E-state index in [0.29, 0.717) is 0 Å². The Hall–Kier alpha value is -1.05. The summed E-state index contributed by atoms with van der Waals surface area (Å²) < 4.78 is 0. The lowest BCUT2D eigenvalue weighted by molar-refractivity contribution is 0.511. The molecule has 0 radical (unpaired) electrons. The molecule has 0 aromatic carbocycles. The van der Waals surface area contributed by atoms with Crippen molar-refractivity contribution >= 4 is 5.84 Å². The second kappa shape index (κ2) is 7.31. The topological polar surface area (TPSA) is 15.6 Å². The summed E-state index contributed by atoms with van der Waals surface area (Å²) in [6.07, 6.45) is 10.4. The van der Waals surface area contributed by atoms with Crippen molar-refractivity contribution in [2.24, 2.45) is 4.99 Å². The highest BCUT2D eigenvalue weighted by Crippen LogP contribution is 2.25. The van der Waals surface area contributed by atoms with Crippen molar-refractivity contribution in [1.29, 1.82) is 0 Å². The standard InChI is InChI=1S/C15H26N2/c1-5-8-9-15(16-4)17(7-3)14-11-10-13(6-2)12-14/h10-11H,5-9,12H2,1-4H3. The van der Waals surface area contributed by atoms with Crippen LogP contribution in [-0.2, 0) is 0 Å². The third kappa shape index (κ3) is 3.72. The molecule has 2 heteroatoms. The van der Waals surface area contributed by atoms with Gasteiger partial charge in [-0.1, -0.05) is 31.9 Å². The van der Waals surface area contributed by atoms with Gasteiger partial charge in [0.05, 0.1) is 0 Å². The molecule has 0 N–H and O–H groups in total. The lowest BCUT2D eigenvalue weighted by Gasteiger charge is -2.26. The van der Waals surface area contributed by atoms with E-state index in [2.05, 4.69) is 42.8 Å². The van der Waals surface area contributed by atoms with Crippen LogP contribution in [0.2, 0.25) is 0 Å². The zero-order valence-electron chi connectivity index (χ0n) is 11.8. The normalized spacial score (nSPS) is 15.9. The molecular formula is C15H26N2. The molecular weight excluding hydrogens is 208 g/mol. The van der Waals surface area contributed by atoms with Gasteiger partial charge in [-0.15, -0.1) is 0 Å². The zero-order valence-corrected chi connectivity index (χ0v) is 11.8. The molecule has 1 rings (SSSR count). The summed E-state index contributed by atoms with van der Waals surface area (Å²) >= 11 is 0. The number of unbranched alkanes of at least 4 members (excludes halogenated alkanes) is 1. The van der Waals surface area contributed by atoms with Crippen LogP contribution >= 0.6 is 0 Å². The first kappa shape index (κ1) is 14.0. The molecule has 0 spiro atoms. The Morgan fingerprint density at radius 2 is 2.06 bits per heavy atom. The van der Waals surface area contributed by atoms with Crippen molar-refractivity contribution in [2.75, 3.05) is 13.6 Å². The minimum atomic E-state index is 1.02. The number of nitrogens with zero attached hydrogens (tertiary/aromatic N) is 2. The zero-order chi connectivity index (χ0) is 12.7. The summed E-state index contributed by atoms with van der Waals surface area (Å²) in [5.41, 5.74) is 2.95. The molecule has 17 heavy (non-hydrogen) atoms. The highest BCUT2D eigenvalue weighted by atomic mass is 15.2. The minimum absolute atomic E-state index is 1.02. The number of aliphatic imine (C=N–C) groups is 1. The molecule has 1 aliphatic rings. The second-order valence-electron chi connectivity index (χ2n) is 4.50. The Morgan fingerprint density at radius 1 is 1.29 bits per heavy atom. The van der Waals surface area contributed by atoms with E-state index in [4.69, 9.17) is 0 Å². The molecule has 0 aliphatic heterocycles. The molecule has 0 saturated heterocycles. The lowest BCUT2D eigenvalue weighted by atomic mass is 10.1. The summed E-state index contributed by atoms with van der Waals surface area (Å²) in [6.45, 7) is 7.69. The van der Waals surface area contributed by atoms with Gasteiger partial charge < -0.3 is 4.90 Å². The van der Waals surface area contributed by atoms with Crippen LogP contribution in [0, 0.1) is 0 Å². The van der Waals surface area contributed by atoms with Crippen LogP contribution in [0.4, 0.5) is 0 Å².